The Labute approximate surface area is 156 Å². The van der Waals surface area contributed by atoms with Gasteiger partial charge in [-0.1, -0.05) is 0 Å². The number of aromatic nitrogens is 5. The number of aryl methyl sites for hydroxylation is 1. The lowest BCUT2D eigenvalue weighted by Gasteiger charge is -2.10. The summed E-state index contributed by atoms with van der Waals surface area (Å²) in [6.07, 6.45) is 8.81. The average Bonchev–Trinajstić information content (AvgIpc) is 3.15. The first-order valence-corrected chi connectivity index (χ1v) is 7.83. The predicted molar refractivity (Wildman–Crippen MR) is 102 cm³/mol. The summed E-state index contributed by atoms with van der Waals surface area (Å²) in [5.74, 6) is 2.28. The molecule has 0 aliphatic carbocycles. The minimum absolute atomic E-state index is 0. The number of fused-ring (bicyclic) bond motifs is 1. The van der Waals surface area contributed by atoms with Crippen LogP contribution in [0.3, 0.4) is 0 Å². The Morgan fingerprint density at radius 2 is 1.92 bits per heavy atom. The molecule has 0 aliphatic rings. The van der Waals surface area contributed by atoms with E-state index < -0.39 is 0 Å². The van der Waals surface area contributed by atoms with E-state index in [4.69, 9.17) is 4.74 Å². The smallest absolute Gasteiger partial charge is 0.138 e. The van der Waals surface area contributed by atoms with Crippen molar-refractivity contribution in [3.05, 3.63) is 66.6 Å². The lowest BCUT2D eigenvalue weighted by molar-refractivity contribution is 0.306. The average molecular weight is 369 g/mol. The minimum Gasteiger partial charge on any atom is -0.489 e. The molecule has 0 atom stereocenters. The fourth-order valence-electron chi connectivity index (χ4n) is 2.46. The zero-order valence-corrected chi connectivity index (χ0v) is 14.8. The van der Waals surface area contributed by atoms with Crippen LogP contribution >= 0.6 is 12.4 Å². The third-order valence-corrected chi connectivity index (χ3v) is 3.74. The van der Waals surface area contributed by atoms with Crippen LogP contribution < -0.4 is 10.1 Å². The van der Waals surface area contributed by atoms with E-state index in [0.29, 0.717) is 6.61 Å². The van der Waals surface area contributed by atoms with E-state index >= 15 is 0 Å². The Kier molecular flexibility index (Phi) is 5.28. The second-order valence-corrected chi connectivity index (χ2v) is 5.58. The van der Waals surface area contributed by atoms with Gasteiger partial charge in [0.15, 0.2) is 0 Å². The minimum atomic E-state index is 0. The highest BCUT2D eigenvalue weighted by atomic mass is 35.5. The normalized spacial score (nSPS) is 10.3. The van der Waals surface area contributed by atoms with Crippen LogP contribution in [0.2, 0.25) is 0 Å². The van der Waals surface area contributed by atoms with Crippen molar-refractivity contribution in [3.63, 3.8) is 0 Å². The molecule has 3 heterocycles. The molecule has 4 rings (SSSR count). The van der Waals surface area contributed by atoms with Gasteiger partial charge in [-0.05, 0) is 36.6 Å². The van der Waals surface area contributed by atoms with Crippen LogP contribution in [-0.2, 0) is 6.61 Å². The van der Waals surface area contributed by atoms with Crippen molar-refractivity contribution in [2.45, 2.75) is 13.5 Å². The summed E-state index contributed by atoms with van der Waals surface area (Å²) in [6.45, 7) is 2.32. The number of ether oxygens (including phenoxy) is 1. The van der Waals surface area contributed by atoms with Gasteiger partial charge in [0.25, 0.3) is 0 Å². The molecule has 0 fully saturated rings. The van der Waals surface area contributed by atoms with Gasteiger partial charge in [-0.25, -0.2) is 15.0 Å². The maximum atomic E-state index is 5.81. The predicted octanol–water partition coefficient (Wildman–Crippen LogP) is 3.80. The number of halogens is 1. The van der Waals surface area contributed by atoms with E-state index in [1.165, 1.54) is 0 Å². The van der Waals surface area contributed by atoms with Gasteiger partial charge in [0, 0.05) is 23.3 Å². The molecule has 0 aliphatic heterocycles. The summed E-state index contributed by atoms with van der Waals surface area (Å²) in [5.41, 5.74) is 1.79. The van der Waals surface area contributed by atoms with Crippen molar-refractivity contribution in [2.24, 2.45) is 0 Å². The number of rotatable bonds is 5. The molecule has 8 heteroatoms. The second-order valence-electron chi connectivity index (χ2n) is 5.58. The lowest BCUT2D eigenvalue weighted by atomic mass is 10.1. The van der Waals surface area contributed by atoms with Crippen molar-refractivity contribution < 1.29 is 4.74 Å². The van der Waals surface area contributed by atoms with Crippen LogP contribution in [0.4, 0.5) is 11.5 Å². The van der Waals surface area contributed by atoms with Gasteiger partial charge in [0.2, 0.25) is 0 Å². The van der Waals surface area contributed by atoms with Crippen LogP contribution in [0.25, 0.3) is 10.8 Å². The first kappa shape index (κ1) is 17.6. The topological polar surface area (TPSA) is 88.6 Å². The highest BCUT2D eigenvalue weighted by Crippen LogP contribution is 2.27. The van der Waals surface area contributed by atoms with E-state index in [-0.39, 0.29) is 12.4 Å². The molecular formula is C18H17ClN6O. The van der Waals surface area contributed by atoms with Gasteiger partial charge < -0.3 is 10.1 Å². The van der Waals surface area contributed by atoms with Crippen molar-refractivity contribution in [1.82, 2.24) is 25.1 Å². The van der Waals surface area contributed by atoms with E-state index in [9.17, 15) is 0 Å². The number of nitrogens with one attached hydrogen (secondary N) is 2. The zero-order chi connectivity index (χ0) is 17.1. The Bertz CT molecular complexity index is 988. The maximum Gasteiger partial charge on any atom is 0.138 e. The van der Waals surface area contributed by atoms with Gasteiger partial charge in [0.1, 0.15) is 24.0 Å². The van der Waals surface area contributed by atoms with Gasteiger partial charge >= 0.3 is 0 Å². The number of anilines is 2. The van der Waals surface area contributed by atoms with Crippen molar-refractivity contribution in [1.29, 1.82) is 0 Å². The molecule has 0 radical (unpaired) electrons. The first-order chi connectivity index (χ1) is 12.3. The van der Waals surface area contributed by atoms with Gasteiger partial charge in [0.05, 0.1) is 24.3 Å². The van der Waals surface area contributed by atoms with Gasteiger partial charge in [-0.3, -0.25) is 5.10 Å². The van der Waals surface area contributed by atoms with Crippen LogP contribution in [0.15, 0.2) is 55.2 Å². The molecule has 0 saturated heterocycles. The molecule has 0 bridgehead atoms. The molecule has 26 heavy (non-hydrogen) atoms. The highest BCUT2D eigenvalue weighted by Gasteiger charge is 2.06. The third kappa shape index (κ3) is 3.89. The van der Waals surface area contributed by atoms with Crippen LogP contribution in [-0.4, -0.2) is 25.1 Å². The summed E-state index contributed by atoms with van der Waals surface area (Å²) in [7, 11) is 0. The lowest BCUT2D eigenvalue weighted by Crippen LogP contribution is -1.98. The summed E-state index contributed by atoms with van der Waals surface area (Å²) in [4.78, 5) is 12.8. The SMILES string of the molecule is Cc1ncc(Nc2nccc3cc(OCc4cn[nH]c4)ccc23)cn1.Cl. The number of benzene rings is 1. The first-order valence-electron chi connectivity index (χ1n) is 7.83. The second kappa shape index (κ2) is 7.79. The molecule has 4 aromatic rings. The van der Waals surface area contributed by atoms with Crippen LogP contribution in [0.5, 0.6) is 5.75 Å². The molecule has 0 unspecified atom stereocenters. The summed E-state index contributed by atoms with van der Waals surface area (Å²) in [6, 6.07) is 7.87. The molecule has 7 nitrogen and oxygen atoms in total. The number of hydrogen-bond donors (Lipinski definition) is 2. The number of H-pyrrole nitrogens is 1. The molecule has 0 amide bonds. The van der Waals surface area contributed by atoms with Crippen molar-refractivity contribution >= 4 is 34.7 Å². The van der Waals surface area contributed by atoms with Gasteiger partial charge in [-0.15, -0.1) is 12.4 Å². The molecular weight excluding hydrogens is 352 g/mol. The summed E-state index contributed by atoms with van der Waals surface area (Å²) < 4.78 is 5.81. The molecule has 3 aromatic heterocycles. The molecule has 0 saturated carbocycles. The number of hydrogen-bond acceptors (Lipinski definition) is 6. The molecule has 1 aromatic carbocycles. The van der Waals surface area contributed by atoms with Gasteiger partial charge in [-0.2, -0.15) is 5.10 Å². The van der Waals surface area contributed by atoms with Crippen molar-refractivity contribution in [3.8, 4) is 5.75 Å². The van der Waals surface area contributed by atoms with Crippen LogP contribution in [0, 0.1) is 6.92 Å². The fraction of sp³-hybridized carbons (Fsp3) is 0.111. The number of pyridine rings is 1. The Morgan fingerprint density at radius 1 is 1.08 bits per heavy atom. The monoisotopic (exact) mass is 368 g/mol. The largest absolute Gasteiger partial charge is 0.489 e. The number of nitrogens with zero attached hydrogens (tertiary/aromatic N) is 4. The third-order valence-electron chi connectivity index (χ3n) is 3.74. The van der Waals surface area contributed by atoms with Crippen molar-refractivity contribution in [2.75, 3.05) is 5.32 Å². The van der Waals surface area contributed by atoms with E-state index in [0.717, 1.165) is 39.4 Å². The van der Waals surface area contributed by atoms with E-state index in [1.807, 2.05) is 37.4 Å². The van der Waals surface area contributed by atoms with E-state index in [1.54, 1.807) is 24.8 Å². The molecule has 0 spiro atoms. The van der Waals surface area contributed by atoms with E-state index in [2.05, 4.69) is 30.5 Å². The standard InChI is InChI=1S/C18H16N6O.ClH/c1-12-20-9-15(10-21-12)24-18-17-3-2-16(6-14(17)4-5-19-18)25-11-13-7-22-23-8-13;/h2-10H,11H2,1H3,(H,19,24)(H,22,23);1H. The zero-order valence-electron chi connectivity index (χ0n) is 14.0. The molecule has 132 valence electrons. The number of aromatic amines is 1. The maximum absolute atomic E-state index is 5.81. The fourth-order valence-corrected chi connectivity index (χ4v) is 2.46. The molecule has 2 N–H and O–H groups in total. The Morgan fingerprint density at radius 3 is 2.69 bits per heavy atom. The van der Waals surface area contributed by atoms with Crippen LogP contribution in [0.1, 0.15) is 11.4 Å². The summed E-state index contributed by atoms with van der Waals surface area (Å²) in [5, 5.41) is 12.0. The highest BCUT2D eigenvalue weighted by molar-refractivity contribution is 5.93. The Balaban J connectivity index is 0.00000196. The Hall–Kier alpha value is -3.19. The quantitative estimate of drug-likeness (QED) is 0.557. The summed E-state index contributed by atoms with van der Waals surface area (Å²) >= 11 is 0.